The lowest BCUT2D eigenvalue weighted by atomic mass is 9.90. The van der Waals surface area contributed by atoms with Crippen LogP contribution in [0.5, 0.6) is 0 Å². The number of fused-ring (bicyclic) bond motifs is 1. The molecule has 2 aromatic rings. The number of pyridine rings is 1. The smallest absolute Gasteiger partial charge is 0.354 e. The number of hydrogen-bond donors (Lipinski definition) is 1. The van der Waals surface area contributed by atoms with Crippen LogP contribution in [0.2, 0.25) is 0 Å². The molecule has 0 amide bonds. The first-order chi connectivity index (χ1) is 13.9. The molecular formula is C19H23N5O5. The minimum atomic E-state index is -1.55. The molecule has 10 heteroatoms. The van der Waals surface area contributed by atoms with E-state index in [9.17, 15) is 9.59 Å². The molecule has 1 unspecified atom stereocenters. The van der Waals surface area contributed by atoms with Gasteiger partial charge in [0, 0.05) is 31.3 Å². The minimum absolute atomic E-state index is 0.0701. The number of hydrogen-bond acceptors (Lipinski definition) is 9. The summed E-state index contributed by atoms with van der Waals surface area (Å²) in [6.45, 7) is 1.93. The van der Waals surface area contributed by atoms with Crippen LogP contribution in [0.4, 0.5) is 5.69 Å². The lowest BCUT2D eigenvalue weighted by molar-refractivity contribution is -0.173. The quantitative estimate of drug-likeness (QED) is 0.723. The summed E-state index contributed by atoms with van der Waals surface area (Å²) < 4.78 is 11.3. The van der Waals surface area contributed by atoms with Crippen molar-refractivity contribution in [3.63, 3.8) is 0 Å². The molecule has 1 atom stereocenters. The molecule has 29 heavy (non-hydrogen) atoms. The van der Waals surface area contributed by atoms with Crippen molar-refractivity contribution in [2.45, 2.75) is 44.2 Å². The van der Waals surface area contributed by atoms with Gasteiger partial charge in [-0.25, -0.2) is 9.78 Å². The highest BCUT2D eigenvalue weighted by atomic mass is 16.7. The van der Waals surface area contributed by atoms with E-state index in [0.717, 1.165) is 40.8 Å². The van der Waals surface area contributed by atoms with Gasteiger partial charge < -0.3 is 19.6 Å². The van der Waals surface area contributed by atoms with Crippen molar-refractivity contribution in [3.05, 3.63) is 17.5 Å². The number of methoxy groups -OCH3 is 2. The lowest BCUT2D eigenvalue weighted by Crippen LogP contribution is -2.42. The second kappa shape index (κ2) is 7.02. The van der Waals surface area contributed by atoms with Crippen LogP contribution in [0.15, 0.2) is 11.4 Å². The van der Waals surface area contributed by atoms with Gasteiger partial charge in [0.1, 0.15) is 0 Å². The number of aryl methyl sites for hydroxylation is 2. The Balaban J connectivity index is 1.75. The molecule has 0 saturated heterocycles. The molecule has 1 fully saturated rings. The van der Waals surface area contributed by atoms with Crippen LogP contribution in [-0.2, 0) is 30.9 Å². The van der Waals surface area contributed by atoms with Gasteiger partial charge >= 0.3 is 11.9 Å². The monoisotopic (exact) mass is 401 g/mol. The second-order valence-corrected chi connectivity index (χ2v) is 7.42. The summed E-state index contributed by atoms with van der Waals surface area (Å²) in [6.07, 6.45) is 3.64. The molecule has 0 bridgehead atoms. The van der Waals surface area contributed by atoms with Crippen molar-refractivity contribution in [2.24, 2.45) is 12.2 Å². The first-order valence-electron chi connectivity index (χ1n) is 9.38. The standard InChI is InChI=1S/C19H23N5O5/c1-10-15-16(21-11-5-6-11)12(9-20-17(15)24(2)22-10)13-7-19(29-23-13,18(26)28-4)8-14(25)27-3/h9,11H,5-8H2,1-4H3,(H,20,21). The molecule has 2 aliphatic rings. The van der Waals surface area contributed by atoms with Crippen molar-refractivity contribution >= 4 is 34.4 Å². The minimum Gasteiger partial charge on any atom is -0.469 e. The number of nitrogens with zero attached hydrogens (tertiary/aromatic N) is 4. The third-order valence-corrected chi connectivity index (χ3v) is 5.26. The lowest BCUT2D eigenvalue weighted by Gasteiger charge is -2.22. The Morgan fingerprint density at radius 2 is 2.10 bits per heavy atom. The van der Waals surface area contributed by atoms with Gasteiger partial charge in [-0.05, 0) is 19.8 Å². The number of esters is 2. The van der Waals surface area contributed by atoms with Gasteiger partial charge in [-0.15, -0.1) is 0 Å². The molecule has 3 heterocycles. The van der Waals surface area contributed by atoms with Gasteiger partial charge in [0.25, 0.3) is 0 Å². The summed E-state index contributed by atoms with van der Waals surface area (Å²) in [5.41, 5.74) is 2.14. The first-order valence-corrected chi connectivity index (χ1v) is 9.38. The molecule has 2 aromatic heterocycles. The Bertz CT molecular complexity index is 1030. The first kappa shape index (κ1) is 19.2. The van der Waals surface area contributed by atoms with Crippen LogP contribution in [0.1, 0.15) is 36.9 Å². The van der Waals surface area contributed by atoms with Crippen molar-refractivity contribution < 1.29 is 23.9 Å². The van der Waals surface area contributed by atoms with Crippen LogP contribution < -0.4 is 5.32 Å². The van der Waals surface area contributed by atoms with Crippen molar-refractivity contribution in [1.82, 2.24) is 14.8 Å². The van der Waals surface area contributed by atoms with Crippen LogP contribution in [0.3, 0.4) is 0 Å². The molecule has 0 aromatic carbocycles. The Morgan fingerprint density at radius 3 is 2.76 bits per heavy atom. The predicted octanol–water partition coefficient (Wildman–Crippen LogP) is 1.45. The van der Waals surface area contributed by atoms with E-state index in [-0.39, 0.29) is 12.8 Å². The largest absolute Gasteiger partial charge is 0.469 e. The highest BCUT2D eigenvalue weighted by Crippen LogP contribution is 2.38. The van der Waals surface area contributed by atoms with E-state index in [0.29, 0.717) is 11.8 Å². The topological polar surface area (TPSA) is 117 Å². The maximum atomic E-state index is 12.4. The van der Waals surface area contributed by atoms with Gasteiger partial charge in [0.15, 0.2) is 5.65 Å². The Morgan fingerprint density at radius 1 is 1.34 bits per heavy atom. The van der Waals surface area contributed by atoms with Crippen molar-refractivity contribution in [3.8, 4) is 0 Å². The van der Waals surface area contributed by atoms with E-state index in [1.54, 1.807) is 10.9 Å². The zero-order chi connectivity index (χ0) is 20.8. The van der Waals surface area contributed by atoms with E-state index in [4.69, 9.17) is 14.3 Å². The highest BCUT2D eigenvalue weighted by molar-refractivity contribution is 6.13. The number of ether oxygens (including phenoxy) is 2. The number of carbonyl (C=O) groups excluding carboxylic acids is 2. The Labute approximate surface area is 167 Å². The zero-order valence-corrected chi connectivity index (χ0v) is 16.8. The average Bonchev–Trinajstić information content (AvgIpc) is 3.35. The summed E-state index contributed by atoms with van der Waals surface area (Å²) in [7, 11) is 4.35. The summed E-state index contributed by atoms with van der Waals surface area (Å²) in [5.74, 6) is -1.26. The number of rotatable bonds is 6. The summed E-state index contributed by atoms with van der Waals surface area (Å²) in [4.78, 5) is 34.3. The number of aromatic nitrogens is 3. The molecule has 0 spiro atoms. The van der Waals surface area contributed by atoms with E-state index in [1.165, 1.54) is 14.2 Å². The van der Waals surface area contributed by atoms with Crippen LogP contribution in [-0.4, -0.2) is 58.3 Å². The molecule has 4 rings (SSSR count). The van der Waals surface area contributed by atoms with Gasteiger partial charge in [0.2, 0.25) is 5.60 Å². The summed E-state index contributed by atoms with van der Waals surface area (Å²) >= 11 is 0. The second-order valence-electron chi connectivity index (χ2n) is 7.42. The predicted molar refractivity (Wildman–Crippen MR) is 104 cm³/mol. The normalized spacial score (nSPS) is 20.9. The number of anilines is 1. The van der Waals surface area contributed by atoms with Crippen molar-refractivity contribution in [1.29, 1.82) is 0 Å². The Kier molecular flexibility index (Phi) is 4.64. The molecule has 1 saturated carbocycles. The van der Waals surface area contributed by atoms with E-state index in [1.807, 2.05) is 14.0 Å². The highest BCUT2D eigenvalue weighted by Gasteiger charge is 2.50. The molecular weight excluding hydrogens is 378 g/mol. The maximum Gasteiger partial charge on any atom is 0.354 e. The number of oxime groups is 1. The van der Waals surface area contributed by atoms with Crippen LogP contribution >= 0.6 is 0 Å². The number of nitrogens with one attached hydrogen (secondary N) is 1. The molecule has 154 valence electrons. The number of carbonyl (C=O) groups is 2. The van der Waals surface area contributed by atoms with E-state index in [2.05, 4.69) is 20.6 Å². The SMILES string of the molecule is COC(=O)CC1(C(=O)OC)CC(c2cnc3c(c(C)nn3C)c2NC2CC2)=NO1. The van der Waals surface area contributed by atoms with Crippen molar-refractivity contribution in [2.75, 3.05) is 19.5 Å². The molecule has 1 N–H and O–H groups in total. The van der Waals surface area contributed by atoms with Gasteiger partial charge in [-0.1, -0.05) is 5.16 Å². The molecule has 1 aliphatic heterocycles. The van der Waals surface area contributed by atoms with Gasteiger partial charge in [0.05, 0.1) is 43.1 Å². The summed E-state index contributed by atoms with van der Waals surface area (Å²) in [5, 5.41) is 13.1. The molecule has 0 radical (unpaired) electrons. The van der Waals surface area contributed by atoms with E-state index < -0.39 is 17.5 Å². The van der Waals surface area contributed by atoms with Gasteiger partial charge in [-0.2, -0.15) is 5.10 Å². The van der Waals surface area contributed by atoms with Crippen LogP contribution in [0, 0.1) is 6.92 Å². The van der Waals surface area contributed by atoms with Gasteiger partial charge in [-0.3, -0.25) is 9.48 Å². The fourth-order valence-electron chi connectivity index (χ4n) is 3.60. The Hall–Kier alpha value is -3.17. The van der Waals surface area contributed by atoms with E-state index >= 15 is 0 Å². The molecule has 10 nitrogen and oxygen atoms in total. The maximum absolute atomic E-state index is 12.4. The fourth-order valence-corrected chi connectivity index (χ4v) is 3.60. The average molecular weight is 401 g/mol. The third-order valence-electron chi connectivity index (χ3n) is 5.26. The molecule has 1 aliphatic carbocycles. The third kappa shape index (κ3) is 3.28. The zero-order valence-electron chi connectivity index (χ0n) is 16.8. The summed E-state index contributed by atoms with van der Waals surface area (Å²) in [6, 6.07) is 0.377. The fraction of sp³-hybridized carbons (Fsp3) is 0.526. The van der Waals surface area contributed by atoms with Crippen LogP contribution in [0.25, 0.3) is 11.0 Å².